The number of halogens is 2. The number of aryl methyl sites for hydroxylation is 1. The van der Waals surface area contributed by atoms with Crippen LogP contribution >= 0.6 is 0 Å². The minimum atomic E-state index is -2.87. The maximum atomic E-state index is 12.6. The van der Waals surface area contributed by atoms with Crippen LogP contribution in [0.3, 0.4) is 0 Å². The Morgan fingerprint density at radius 3 is 2.85 bits per heavy atom. The third kappa shape index (κ3) is 7.03. The summed E-state index contributed by atoms with van der Waals surface area (Å²) < 4.78 is 29.7. The molecule has 27 heavy (non-hydrogen) atoms. The highest BCUT2D eigenvalue weighted by Gasteiger charge is 2.19. The van der Waals surface area contributed by atoms with E-state index >= 15 is 0 Å². The van der Waals surface area contributed by atoms with E-state index in [0.717, 1.165) is 31.5 Å². The molecule has 0 radical (unpaired) electrons. The summed E-state index contributed by atoms with van der Waals surface area (Å²) in [5.41, 5.74) is 1.56. The van der Waals surface area contributed by atoms with E-state index in [1.807, 2.05) is 18.7 Å². The lowest BCUT2D eigenvalue weighted by Crippen LogP contribution is -2.39. The minimum Gasteiger partial charge on any atom is -0.434 e. The molecule has 1 aromatic carbocycles. The van der Waals surface area contributed by atoms with Gasteiger partial charge in [-0.25, -0.2) is 4.99 Å². The molecule has 150 valence electrons. The summed E-state index contributed by atoms with van der Waals surface area (Å²) in [7, 11) is 0. The average molecular weight is 382 g/mol. The van der Waals surface area contributed by atoms with Gasteiger partial charge in [-0.05, 0) is 32.8 Å². The molecule has 0 atom stereocenters. The second-order valence-corrected chi connectivity index (χ2v) is 6.45. The largest absolute Gasteiger partial charge is 0.434 e. The number of amides is 1. The number of likely N-dealkylation sites (tertiary alicyclic amines) is 1. The highest BCUT2D eigenvalue weighted by molar-refractivity contribution is 5.80. The van der Waals surface area contributed by atoms with Crippen molar-refractivity contribution in [2.75, 3.05) is 26.2 Å². The molecule has 1 fully saturated rings. The number of alkyl halides is 2. The molecule has 0 saturated carbocycles. The van der Waals surface area contributed by atoms with Crippen LogP contribution in [0.5, 0.6) is 5.75 Å². The molecule has 0 bridgehead atoms. The van der Waals surface area contributed by atoms with E-state index in [4.69, 9.17) is 0 Å². The number of guanidine groups is 1. The van der Waals surface area contributed by atoms with Crippen molar-refractivity contribution in [1.82, 2.24) is 15.5 Å². The van der Waals surface area contributed by atoms with Crippen molar-refractivity contribution in [2.45, 2.75) is 46.3 Å². The predicted octanol–water partition coefficient (Wildman–Crippen LogP) is 2.66. The molecule has 1 aromatic rings. The van der Waals surface area contributed by atoms with Gasteiger partial charge in [0.15, 0.2) is 5.96 Å². The molecule has 0 aromatic heterocycles. The van der Waals surface area contributed by atoms with Crippen molar-refractivity contribution < 1.29 is 18.3 Å². The number of carbonyl (C=O) groups is 1. The Morgan fingerprint density at radius 1 is 1.37 bits per heavy atom. The van der Waals surface area contributed by atoms with Gasteiger partial charge in [0.2, 0.25) is 5.91 Å². The lowest BCUT2D eigenvalue weighted by Gasteiger charge is -2.16. The Labute approximate surface area is 159 Å². The third-order valence-corrected chi connectivity index (χ3v) is 4.25. The Morgan fingerprint density at radius 2 is 2.19 bits per heavy atom. The van der Waals surface area contributed by atoms with Gasteiger partial charge < -0.3 is 20.3 Å². The maximum Gasteiger partial charge on any atom is 0.387 e. The molecule has 2 N–H and O–H groups in total. The molecule has 0 unspecified atom stereocenters. The second-order valence-electron chi connectivity index (χ2n) is 6.45. The molecule has 0 spiro atoms. The van der Waals surface area contributed by atoms with Gasteiger partial charge in [-0.2, -0.15) is 8.78 Å². The van der Waals surface area contributed by atoms with Gasteiger partial charge in [0.25, 0.3) is 0 Å². The monoisotopic (exact) mass is 382 g/mol. The Balaban J connectivity index is 1.90. The van der Waals surface area contributed by atoms with Crippen LogP contribution in [0, 0.1) is 6.92 Å². The molecule has 6 nitrogen and oxygen atoms in total. The van der Waals surface area contributed by atoms with Gasteiger partial charge >= 0.3 is 6.61 Å². The van der Waals surface area contributed by atoms with E-state index in [-0.39, 0.29) is 18.2 Å². The number of nitrogens with one attached hydrogen (secondary N) is 2. The van der Waals surface area contributed by atoms with E-state index in [2.05, 4.69) is 20.4 Å². The number of hydrogen-bond acceptors (Lipinski definition) is 3. The summed E-state index contributed by atoms with van der Waals surface area (Å²) >= 11 is 0. The first-order valence-electron chi connectivity index (χ1n) is 9.34. The van der Waals surface area contributed by atoms with E-state index in [1.54, 1.807) is 18.2 Å². The first kappa shape index (κ1) is 20.9. The summed E-state index contributed by atoms with van der Waals surface area (Å²) in [5.74, 6) is 0.971. The standard InChI is InChI=1S/C19H28F2N4O2/c1-3-22-19(23-9-5-11-25-10-4-6-17(25)26)24-13-15-12-14(2)7-8-16(15)27-18(20)21/h7-8,12,18H,3-6,9-11,13H2,1-2H3,(H2,22,23,24). The lowest BCUT2D eigenvalue weighted by molar-refractivity contribution is -0.127. The number of rotatable bonds is 9. The zero-order valence-electron chi connectivity index (χ0n) is 15.9. The summed E-state index contributed by atoms with van der Waals surface area (Å²) in [6, 6.07) is 5.07. The molecule has 1 saturated heterocycles. The highest BCUT2D eigenvalue weighted by atomic mass is 19.3. The van der Waals surface area contributed by atoms with Crippen LogP contribution in [0.1, 0.15) is 37.3 Å². The molecule has 1 amide bonds. The zero-order valence-corrected chi connectivity index (χ0v) is 15.9. The first-order valence-corrected chi connectivity index (χ1v) is 9.34. The van der Waals surface area contributed by atoms with Gasteiger partial charge in [-0.3, -0.25) is 4.79 Å². The second kappa shape index (κ2) is 10.7. The fraction of sp³-hybridized carbons (Fsp3) is 0.579. The number of carbonyl (C=O) groups excluding carboxylic acids is 1. The summed E-state index contributed by atoms with van der Waals surface area (Å²) in [5, 5.41) is 6.35. The number of benzene rings is 1. The SMILES string of the molecule is CCNC(=NCc1cc(C)ccc1OC(F)F)NCCCN1CCCC1=O. The molecule has 0 aliphatic carbocycles. The summed E-state index contributed by atoms with van der Waals surface area (Å²) in [6.45, 7) is 4.14. The Hall–Kier alpha value is -2.38. The number of aliphatic imine (C=N–C) groups is 1. The Bertz CT molecular complexity index is 653. The van der Waals surface area contributed by atoms with Crippen LogP contribution in [0.15, 0.2) is 23.2 Å². The predicted molar refractivity (Wildman–Crippen MR) is 101 cm³/mol. The van der Waals surface area contributed by atoms with Crippen LogP contribution in [-0.4, -0.2) is 49.6 Å². The fourth-order valence-electron chi connectivity index (χ4n) is 2.97. The van der Waals surface area contributed by atoms with Crippen molar-refractivity contribution in [3.63, 3.8) is 0 Å². The average Bonchev–Trinajstić information content (AvgIpc) is 3.03. The normalized spacial score (nSPS) is 14.8. The van der Waals surface area contributed by atoms with E-state index in [1.165, 1.54) is 0 Å². The highest BCUT2D eigenvalue weighted by Crippen LogP contribution is 2.22. The molecule has 1 aliphatic rings. The fourth-order valence-corrected chi connectivity index (χ4v) is 2.97. The third-order valence-electron chi connectivity index (χ3n) is 4.25. The molecule has 2 rings (SSSR count). The van der Waals surface area contributed by atoms with Crippen molar-refractivity contribution in [1.29, 1.82) is 0 Å². The van der Waals surface area contributed by atoms with Crippen LogP contribution in [-0.2, 0) is 11.3 Å². The zero-order chi connectivity index (χ0) is 19.6. The molecular formula is C19H28F2N4O2. The summed E-state index contributed by atoms with van der Waals surface area (Å²) in [4.78, 5) is 18.0. The van der Waals surface area contributed by atoms with Gasteiger partial charge in [0.05, 0.1) is 6.54 Å². The van der Waals surface area contributed by atoms with E-state index < -0.39 is 6.61 Å². The van der Waals surface area contributed by atoms with Crippen molar-refractivity contribution in [2.24, 2.45) is 4.99 Å². The van der Waals surface area contributed by atoms with Crippen LogP contribution in [0.4, 0.5) is 8.78 Å². The molecule has 1 aliphatic heterocycles. The maximum absolute atomic E-state index is 12.6. The van der Waals surface area contributed by atoms with Gasteiger partial charge in [0.1, 0.15) is 5.75 Å². The molecule has 1 heterocycles. The van der Waals surface area contributed by atoms with Crippen LogP contribution < -0.4 is 15.4 Å². The van der Waals surface area contributed by atoms with E-state index in [9.17, 15) is 13.6 Å². The van der Waals surface area contributed by atoms with Gasteiger partial charge in [-0.15, -0.1) is 0 Å². The quantitative estimate of drug-likeness (QED) is 0.392. The van der Waals surface area contributed by atoms with Gasteiger partial charge in [0, 0.05) is 38.2 Å². The lowest BCUT2D eigenvalue weighted by atomic mass is 10.1. The number of nitrogens with zero attached hydrogens (tertiary/aromatic N) is 2. The number of hydrogen-bond donors (Lipinski definition) is 2. The van der Waals surface area contributed by atoms with Gasteiger partial charge in [-0.1, -0.05) is 17.7 Å². The van der Waals surface area contributed by atoms with Crippen LogP contribution in [0.2, 0.25) is 0 Å². The molecular weight excluding hydrogens is 354 g/mol. The topological polar surface area (TPSA) is 66.0 Å². The van der Waals surface area contributed by atoms with E-state index in [0.29, 0.717) is 31.0 Å². The van der Waals surface area contributed by atoms with Crippen molar-refractivity contribution in [3.05, 3.63) is 29.3 Å². The minimum absolute atomic E-state index is 0.141. The number of ether oxygens (including phenoxy) is 1. The summed E-state index contributed by atoms with van der Waals surface area (Å²) in [6.07, 6.45) is 2.41. The smallest absolute Gasteiger partial charge is 0.387 e. The van der Waals surface area contributed by atoms with Crippen molar-refractivity contribution >= 4 is 11.9 Å². The Kier molecular flexibility index (Phi) is 8.29. The van der Waals surface area contributed by atoms with Crippen LogP contribution in [0.25, 0.3) is 0 Å². The van der Waals surface area contributed by atoms with Crippen molar-refractivity contribution in [3.8, 4) is 5.75 Å². The first-order chi connectivity index (χ1) is 13.0. The molecule has 8 heteroatoms.